The molecule has 2 nitrogen and oxygen atoms in total. The van der Waals surface area contributed by atoms with Crippen molar-refractivity contribution in [3.8, 4) is 0 Å². The van der Waals surface area contributed by atoms with Crippen molar-refractivity contribution in [1.29, 1.82) is 0 Å². The Bertz CT molecular complexity index is 484. The van der Waals surface area contributed by atoms with Gasteiger partial charge in [-0.05, 0) is 36.4 Å². The summed E-state index contributed by atoms with van der Waals surface area (Å²) >= 11 is 5.76. The van der Waals surface area contributed by atoms with Crippen molar-refractivity contribution < 1.29 is 4.21 Å². The average molecular weight is 252 g/mol. The van der Waals surface area contributed by atoms with Crippen LogP contribution in [0.5, 0.6) is 0 Å². The second kappa shape index (κ2) is 5.14. The second-order valence-corrected chi connectivity index (χ2v) is 4.84. The summed E-state index contributed by atoms with van der Waals surface area (Å²) in [5.41, 5.74) is 0.829. The van der Waals surface area contributed by atoms with E-state index in [1.807, 2.05) is 30.3 Å². The van der Waals surface area contributed by atoms with E-state index >= 15 is 0 Å². The third-order valence-corrected chi connectivity index (χ3v) is 3.39. The maximum atomic E-state index is 11.9. The highest BCUT2D eigenvalue weighted by molar-refractivity contribution is 7.86. The minimum atomic E-state index is -1.25. The van der Waals surface area contributed by atoms with Crippen LogP contribution in [0.25, 0.3) is 0 Å². The summed E-state index contributed by atoms with van der Waals surface area (Å²) in [5, 5.41) is 0.639. The molecule has 0 bridgehead atoms. The Morgan fingerprint density at radius 3 is 2.19 bits per heavy atom. The summed E-state index contributed by atoms with van der Waals surface area (Å²) in [6.07, 6.45) is 0. The van der Waals surface area contributed by atoms with E-state index in [1.165, 1.54) is 0 Å². The first-order valence-electron chi connectivity index (χ1n) is 4.75. The molecule has 0 spiro atoms. The van der Waals surface area contributed by atoms with Crippen molar-refractivity contribution in [2.24, 2.45) is 0 Å². The van der Waals surface area contributed by atoms with Crippen molar-refractivity contribution in [3.63, 3.8) is 0 Å². The number of para-hydroxylation sites is 1. The number of halogens is 1. The third kappa shape index (κ3) is 2.84. The lowest BCUT2D eigenvalue weighted by atomic mass is 10.3. The molecule has 2 rings (SSSR count). The van der Waals surface area contributed by atoms with Gasteiger partial charge in [0.25, 0.3) is 0 Å². The number of benzene rings is 2. The van der Waals surface area contributed by atoms with Gasteiger partial charge < -0.3 is 4.72 Å². The summed E-state index contributed by atoms with van der Waals surface area (Å²) in [6.45, 7) is 0. The minimum Gasteiger partial charge on any atom is -0.301 e. The summed E-state index contributed by atoms with van der Waals surface area (Å²) < 4.78 is 14.8. The zero-order valence-corrected chi connectivity index (χ0v) is 9.96. The predicted octanol–water partition coefficient (Wildman–Crippen LogP) is 3.47. The molecule has 0 aromatic heterocycles. The molecule has 0 heterocycles. The Morgan fingerprint density at radius 1 is 0.938 bits per heavy atom. The first-order chi connectivity index (χ1) is 7.75. The summed E-state index contributed by atoms with van der Waals surface area (Å²) in [4.78, 5) is 0.702. The van der Waals surface area contributed by atoms with Gasteiger partial charge in [-0.3, -0.25) is 0 Å². The molecule has 0 aliphatic carbocycles. The van der Waals surface area contributed by atoms with E-state index < -0.39 is 11.0 Å². The fourth-order valence-corrected chi connectivity index (χ4v) is 2.21. The number of anilines is 1. The lowest BCUT2D eigenvalue weighted by Gasteiger charge is -2.05. The van der Waals surface area contributed by atoms with E-state index in [2.05, 4.69) is 4.72 Å². The normalized spacial score (nSPS) is 12.1. The van der Waals surface area contributed by atoms with Crippen LogP contribution in [0.3, 0.4) is 0 Å². The van der Waals surface area contributed by atoms with Gasteiger partial charge in [-0.15, -0.1) is 0 Å². The summed E-state index contributed by atoms with van der Waals surface area (Å²) in [5.74, 6) is 0. The number of nitrogens with one attached hydrogen (secondary N) is 1. The quantitative estimate of drug-likeness (QED) is 0.889. The molecule has 4 heteroatoms. The average Bonchev–Trinajstić information content (AvgIpc) is 2.31. The van der Waals surface area contributed by atoms with Crippen LogP contribution in [0, 0.1) is 0 Å². The van der Waals surface area contributed by atoms with Gasteiger partial charge in [0.15, 0.2) is 0 Å². The van der Waals surface area contributed by atoms with Crippen LogP contribution in [0.1, 0.15) is 0 Å². The molecular formula is C12H10ClNOS. The lowest BCUT2D eigenvalue weighted by molar-refractivity contribution is 0.686. The number of hydrogen-bond acceptors (Lipinski definition) is 1. The van der Waals surface area contributed by atoms with Crippen molar-refractivity contribution in [2.75, 3.05) is 4.72 Å². The second-order valence-electron chi connectivity index (χ2n) is 3.19. The van der Waals surface area contributed by atoms with Gasteiger partial charge in [0.1, 0.15) is 11.0 Å². The van der Waals surface area contributed by atoms with Crippen LogP contribution in [0.4, 0.5) is 5.69 Å². The highest BCUT2D eigenvalue weighted by Crippen LogP contribution is 2.15. The molecule has 82 valence electrons. The molecule has 0 unspecified atom stereocenters. The van der Waals surface area contributed by atoms with Gasteiger partial charge in [-0.2, -0.15) is 0 Å². The van der Waals surface area contributed by atoms with E-state index in [-0.39, 0.29) is 0 Å². The smallest absolute Gasteiger partial charge is 0.150 e. The summed E-state index contributed by atoms with van der Waals surface area (Å²) in [6, 6.07) is 16.4. The van der Waals surface area contributed by atoms with E-state index in [9.17, 15) is 4.21 Å². The molecule has 0 saturated carbocycles. The van der Waals surface area contributed by atoms with Crippen LogP contribution < -0.4 is 4.72 Å². The topological polar surface area (TPSA) is 29.1 Å². The molecule has 0 radical (unpaired) electrons. The predicted molar refractivity (Wildman–Crippen MR) is 67.9 cm³/mol. The molecule has 2 aromatic carbocycles. The molecular weight excluding hydrogens is 242 g/mol. The van der Waals surface area contributed by atoms with E-state index in [4.69, 9.17) is 11.6 Å². The zero-order valence-electron chi connectivity index (χ0n) is 8.39. The minimum absolute atomic E-state index is 0.639. The van der Waals surface area contributed by atoms with Crippen LogP contribution in [0.2, 0.25) is 5.02 Å². The zero-order chi connectivity index (χ0) is 11.4. The SMILES string of the molecule is O=[S@](Nc1ccccc1)c1ccc(Cl)cc1. The maximum absolute atomic E-state index is 11.9. The van der Waals surface area contributed by atoms with E-state index in [0.717, 1.165) is 5.69 Å². The third-order valence-electron chi connectivity index (χ3n) is 2.01. The Hall–Kier alpha value is -1.32. The molecule has 1 atom stereocenters. The van der Waals surface area contributed by atoms with Gasteiger partial charge in [0, 0.05) is 10.7 Å². The molecule has 1 N–H and O–H groups in total. The van der Waals surface area contributed by atoms with Crippen molar-refractivity contribution in [1.82, 2.24) is 0 Å². The lowest BCUT2D eigenvalue weighted by Crippen LogP contribution is -2.04. The van der Waals surface area contributed by atoms with Crippen molar-refractivity contribution in [2.45, 2.75) is 4.90 Å². The summed E-state index contributed by atoms with van der Waals surface area (Å²) in [7, 11) is -1.25. The Balaban J connectivity index is 2.12. The first kappa shape index (κ1) is 11.2. The van der Waals surface area contributed by atoms with E-state index in [0.29, 0.717) is 9.92 Å². The van der Waals surface area contributed by atoms with Crippen molar-refractivity contribution >= 4 is 28.3 Å². The molecule has 2 aromatic rings. The fourth-order valence-electron chi connectivity index (χ4n) is 1.23. The van der Waals surface area contributed by atoms with Gasteiger partial charge in [0.2, 0.25) is 0 Å². The molecule has 0 fully saturated rings. The number of rotatable bonds is 3. The molecule has 0 aliphatic rings. The molecule has 16 heavy (non-hydrogen) atoms. The highest BCUT2D eigenvalue weighted by Gasteiger charge is 2.02. The molecule has 0 saturated heterocycles. The van der Waals surface area contributed by atoms with Gasteiger partial charge in [0.05, 0.1) is 4.90 Å². The Morgan fingerprint density at radius 2 is 1.56 bits per heavy atom. The van der Waals surface area contributed by atoms with Gasteiger partial charge in [-0.25, -0.2) is 4.21 Å². The van der Waals surface area contributed by atoms with Crippen molar-refractivity contribution in [3.05, 3.63) is 59.6 Å². The van der Waals surface area contributed by atoms with Crippen LogP contribution in [0.15, 0.2) is 59.5 Å². The first-order valence-corrected chi connectivity index (χ1v) is 6.27. The van der Waals surface area contributed by atoms with Crippen LogP contribution >= 0.6 is 11.6 Å². The molecule has 0 aliphatic heterocycles. The maximum Gasteiger partial charge on any atom is 0.150 e. The van der Waals surface area contributed by atoms with E-state index in [1.54, 1.807) is 24.3 Å². The van der Waals surface area contributed by atoms with Gasteiger partial charge >= 0.3 is 0 Å². The number of hydrogen-bond donors (Lipinski definition) is 1. The monoisotopic (exact) mass is 251 g/mol. The van der Waals surface area contributed by atoms with Crippen LogP contribution in [-0.4, -0.2) is 4.21 Å². The Kier molecular flexibility index (Phi) is 3.59. The molecule has 0 amide bonds. The standard InChI is InChI=1S/C12H10ClNOS/c13-10-6-8-12(9-7-10)16(15)14-11-4-2-1-3-5-11/h1-9,14H/t16-/m0/s1. The van der Waals surface area contributed by atoms with Gasteiger partial charge in [-0.1, -0.05) is 29.8 Å². The highest BCUT2D eigenvalue weighted by atomic mass is 35.5. The Labute approximate surface area is 102 Å². The largest absolute Gasteiger partial charge is 0.301 e. The fraction of sp³-hybridized carbons (Fsp3) is 0. The van der Waals surface area contributed by atoms with Crippen LogP contribution in [-0.2, 0) is 11.0 Å².